The zero-order valence-electron chi connectivity index (χ0n) is 11.0. The van der Waals surface area contributed by atoms with Crippen LogP contribution in [0.1, 0.15) is 0 Å². The lowest BCUT2D eigenvalue weighted by Crippen LogP contribution is -2.58. The molecule has 0 bridgehead atoms. The van der Waals surface area contributed by atoms with Crippen LogP contribution in [0, 0.1) is 50.6 Å². The van der Waals surface area contributed by atoms with E-state index in [9.17, 15) is 50.6 Å². The van der Waals surface area contributed by atoms with E-state index in [1.54, 1.807) is 5.43 Å². The van der Waals surface area contributed by atoms with Crippen molar-refractivity contribution in [1.82, 2.24) is 9.89 Å². The zero-order chi connectivity index (χ0) is 18.8. The van der Waals surface area contributed by atoms with Gasteiger partial charge in [0.1, 0.15) is 0 Å². The van der Waals surface area contributed by atoms with Crippen LogP contribution in [0.5, 0.6) is 0 Å². The summed E-state index contributed by atoms with van der Waals surface area (Å²) in [5.41, 5.74) is 5.60. The molecule has 0 aromatic carbocycles. The van der Waals surface area contributed by atoms with Gasteiger partial charge in [0.05, 0.1) is 4.79 Å². The standard InChI is InChI=1S/C5H5N9O10/c6-2-3(10(15)16)8-9(4(2)11(17)18)7-1-5(12(19)20,13(21)22)14(23)24/h7H,1,6H2. The zero-order valence-corrected chi connectivity index (χ0v) is 11.0. The van der Waals surface area contributed by atoms with Crippen molar-refractivity contribution in [3.63, 3.8) is 0 Å². The van der Waals surface area contributed by atoms with Crippen LogP contribution in [0.4, 0.5) is 17.3 Å². The lowest BCUT2D eigenvalue weighted by molar-refractivity contribution is -0.965. The summed E-state index contributed by atoms with van der Waals surface area (Å²) < 4.78 is 0. The average molecular weight is 351 g/mol. The summed E-state index contributed by atoms with van der Waals surface area (Å²) in [6.45, 7) is -1.72. The van der Waals surface area contributed by atoms with Crippen molar-refractivity contribution >= 4 is 17.3 Å². The van der Waals surface area contributed by atoms with Crippen molar-refractivity contribution in [2.24, 2.45) is 0 Å². The average Bonchev–Trinajstić information content (AvgIpc) is 2.75. The van der Waals surface area contributed by atoms with Crippen LogP contribution in [0.2, 0.25) is 0 Å². The number of aromatic nitrogens is 2. The van der Waals surface area contributed by atoms with Crippen molar-refractivity contribution in [1.29, 1.82) is 0 Å². The smallest absolute Gasteiger partial charge is 0.385 e. The van der Waals surface area contributed by atoms with Gasteiger partial charge >= 0.3 is 17.4 Å². The molecular formula is C5H5N9O10. The van der Waals surface area contributed by atoms with E-state index in [-0.39, 0.29) is 4.79 Å². The molecule has 1 aromatic rings. The molecule has 0 atom stereocenters. The van der Waals surface area contributed by atoms with Gasteiger partial charge in [0, 0.05) is 0 Å². The van der Waals surface area contributed by atoms with Crippen molar-refractivity contribution in [3.05, 3.63) is 50.6 Å². The van der Waals surface area contributed by atoms with Crippen molar-refractivity contribution in [3.8, 4) is 0 Å². The Morgan fingerprint density at radius 3 is 1.75 bits per heavy atom. The number of nitrogens with one attached hydrogen (secondary N) is 1. The first-order valence-electron chi connectivity index (χ1n) is 5.31. The Hall–Kier alpha value is -4.19. The van der Waals surface area contributed by atoms with Gasteiger partial charge in [-0.15, -0.1) is 0 Å². The maximum absolute atomic E-state index is 10.8. The molecule has 0 aliphatic rings. The second kappa shape index (κ2) is 5.90. The van der Waals surface area contributed by atoms with Crippen LogP contribution in [0.25, 0.3) is 0 Å². The van der Waals surface area contributed by atoms with E-state index in [0.717, 1.165) is 0 Å². The summed E-state index contributed by atoms with van der Waals surface area (Å²) in [6.07, 6.45) is 0. The Morgan fingerprint density at radius 1 is 0.958 bits per heavy atom. The summed E-state index contributed by atoms with van der Waals surface area (Å²) in [6, 6.07) is 0. The Labute approximate surface area is 127 Å². The second-order valence-corrected chi connectivity index (χ2v) is 3.87. The van der Waals surface area contributed by atoms with Crippen LogP contribution in [-0.4, -0.2) is 46.8 Å². The number of nitrogens with zero attached hydrogens (tertiary/aromatic N) is 7. The largest absolute Gasteiger partial charge is 0.720 e. The van der Waals surface area contributed by atoms with Gasteiger partial charge in [-0.25, -0.2) is 0 Å². The fourth-order valence-corrected chi connectivity index (χ4v) is 1.41. The van der Waals surface area contributed by atoms with E-state index in [1.165, 1.54) is 0 Å². The molecule has 0 amide bonds. The number of nitrogens with two attached hydrogens (primary N) is 1. The van der Waals surface area contributed by atoms with Gasteiger partial charge in [-0.05, 0) is 9.85 Å². The first-order chi connectivity index (χ1) is 11.0. The highest BCUT2D eigenvalue weighted by atomic mass is 16.7. The summed E-state index contributed by atoms with van der Waals surface area (Å²) in [5, 5.41) is 56.5. The highest BCUT2D eigenvalue weighted by Crippen LogP contribution is 2.29. The van der Waals surface area contributed by atoms with Crippen molar-refractivity contribution in [2.45, 2.75) is 5.79 Å². The maximum Gasteiger partial charge on any atom is 0.720 e. The highest BCUT2D eigenvalue weighted by molar-refractivity contribution is 5.65. The monoisotopic (exact) mass is 351 g/mol. The van der Waals surface area contributed by atoms with Crippen LogP contribution < -0.4 is 11.2 Å². The first-order valence-corrected chi connectivity index (χ1v) is 5.31. The van der Waals surface area contributed by atoms with Gasteiger partial charge in [0.15, 0.2) is 19.9 Å². The number of anilines is 1. The van der Waals surface area contributed by atoms with Gasteiger partial charge in [-0.3, -0.25) is 30.3 Å². The molecule has 0 saturated carbocycles. The number of rotatable bonds is 8. The molecule has 130 valence electrons. The number of nitro groups is 5. The lowest BCUT2D eigenvalue weighted by atomic mass is 10.4. The molecule has 0 radical (unpaired) electrons. The van der Waals surface area contributed by atoms with Gasteiger partial charge in [-0.2, -0.15) is 5.43 Å². The van der Waals surface area contributed by atoms with Gasteiger partial charge in [0.2, 0.25) is 5.69 Å². The summed E-state index contributed by atoms with van der Waals surface area (Å²) >= 11 is 0. The number of nitrogen functional groups attached to an aromatic ring is 1. The molecule has 1 aromatic heterocycles. The molecule has 19 heteroatoms. The minimum absolute atomic E-state index is 0.0985. The maximum atomic E-state index is 10.8. The molecule has 0 saturated heterocycles. The second-order valence-electron chi connectivity index (χ2n) is 3.87. The molecule has 19 nitrogen and oxygen atoms in total. The molecule has 0 unspecified atom stereocenters. The topological polar surface area (TPSA) is 272 Å². The fourth-order valence-electron chi connectivity index (χ4n) is 1.41. The minimum atomic E-state index is -4.01. The molecule has 24 heavy (non-hydrogen) atoms. The SMILES string of the molecule is Nc1c([N+](=O)[O-])nn(NCC([N+](=O)[O-])([N+](=O)[O-])[N+](=O)[O-])c1[N+](=O)[O-]. The van der Waals surface area contributed by atoms with Crippen LogP contribution in [0.3, 0.4) is 0 Å². The Morgan fingerprint density at radius 2 is 1.42 bits per heavy atom. The van der Waals surface area contributed by atoms with Gasteiger partial charge in [0.25, 0.3) is 6.54 Å². The highest BCUT2D eigenvalue weighted by Gasteiger charge is 2.71. The Bertz CT molecular complexity index is 716. The molecular weight excluding hydrogens is 346 g/mol. The predicted octanol–water partition coefficient (Wildman–Crippen LogP) is -1.69. The lowest BCUT2D eigenvalue weighted by Gasteiger charge is -2.07. The normalized spacial score (nSPS) is 10.8. The van der Waals surface area contributed by atoms with E-state index in [1.807, 2.05) is 0 Å². The number of hydrogen-bond acceptors (Lipinski definition) is 13. The third-order valence-corrected chi connectivity index (χ3v) is 2.57. The molecule has 0 spiro atoms. The Kier molecular flexibility index (Phi) is 4.39. The van der Waals surface area contributed by atoms with Crippen LogP contribution >= 0.6 is 0 Å². The van der Waals surface area contributed by atoms with Crippen LogP contribution in [0.15, 0.2) is 0 Å². The third-order valence-electron chi connectivity index (χ3n) is 2.57. The molecule has 1 rings (SSSR count). The van der Waals surface area contributed by atoms with Crippen molar-refractivity contribution in [2.75, 3.05) is 17.7 Å². The van der Waals surface area contributed by atoms with E-state index >= 15 is 0 Å². The summed E-state index contributed by atoms with van der Waals surface area (Å²) in [7, 11) is 0. The van der Waals surface area contributed by atoms with E-state index in [2.05, 4.69) is 5.10 Å². The quantitative estimate of drug-likeness (QED) is 0.300. The summed E-state index contributed by atoms with van der Waals surface area (Å²) in [4.78, 5) is 45.4. The summed E-state index contributed by atoms with van der Waals surface area (Å²) in [5.74, 6) is -6.53. The van der Waals surface area contributed by atoms with Crippen LogP contribution in [-0.2, 0) is 0 Å². The molecule has 0 aliphatic carbocycles. The predicted molar refractivity (Wildman–Crippen MR) is 67.9 cm³/mol. The third kappa shape index (κ3) is 2.62. The first kappa shape index (κ1) is 17.9. The number of hydrogen-bond donors (Lipinski definition) is 2. The molecule has 3 N–H and O–H groups in total. The van der Waals surface area contributed by atoms with Gasteiger partial charge < -0.3 is 26.0 Å². The minimum Gasteiger partial charge on any atom is -0.385 e. The molecule has 0 aliphatic heterocycles. The molecule has 1 heterocycles. The van der Waals surface area contributed by atoms with E-state index in [0.29, 0.717) is 0 Å². The van der Waals surface area contributed by atoms with Gasteiger partial charge in [-0.1, -0.05) is 0 Å². The fraction of sp³-hybridized carbons (Fsp3) is 0.400. The molecule has 0 fully saturated rings. The van der Waals surface area contributed by atoms with E-state index < -0.39 is 54.3 Å². The van der Waals surface area contributed by atoms with E-state index in [4.69, 9.17) is 5.73 Å². The Balaban J connectivity index is 3.35. The van der Waals surface area contributed by atoms with Crippen molar-refractivity contribution < 1.29 is 24.6 Å².